The van der Waals surface area contributed by atoms with Crippen LogP contribution in [0.3, 0.4) is 0 Å². The summed E-state index contributed by atoms with van der Waals surface area (Å²) in [6, 6.07) is 4.19. The van der Waals surface area contributed by atoms with Gasteiger partial charge in [0.2, 0.25) is 0 Å². The first kappa shape index (κ1) is 13.7. The fraction of sp³-hybridized carbons (Fsp3) is 0.643. The van der Waals surface area contributed by atoms with Crippen molar-refractivity contribution in [1.29, 1.82) is 0 Å². The van der Waals surface area contributed by atoms with Crippen molar-refractivity contribution < 1.29 is 9.53 Å². The minimum Gasteiger partial charge on any atom is -0.381 e. The molecule has 2 heterocycles. The Bertz CT molecular complexity index is 408. The zero-order valence-electron chi connectivity index (χ0n) is 10.9. The molecule has 1 fully saturated rings. The van der Waals surface area contributed by atoms with Gasteiger partial charge in [-0.05, 0) is 31.4 Å². The van der Waals surface area contributed by atoms with Gasteiger partial charge in [0.25, 0.3) is 0 Å². The van der Waals surface area contributed by atoms with E-state index in [-0.39, 0.29) is 11.2 Å². The quantitative estimate of drug-likeness (QED) is 0.889. The highest BCUT2D eigenvalue weighted by molar-refractivity contribution is 7.12. The van der Waals surface area contributed by atoms with Gasteiger partial charge in [-0.3, -0.25) is 4.79 Å². The lowest BCUT2D eigenvalue weighted by Gasteiger charge is -2.34. The predicted octanol–water partition coefficient (Wildman–Crippen LogP) is 2.18. The van der Waals surface area contributed by atoms with Gasteiger partial charge in [0, 0.05) is 41.3 Å². The van der Waals surface area contributed by atoms with Crippen LogP contribution >= 0.6 is 11.3 Å². The Morgan fingerprint density at radius 3 is 2.61 bits per heavy atom. The van der Waals surface area contributed by atoms with Crippen LogP contribution in [0, 0.1) is 5.41 Å². The van der Waals surface area contributed by atoms with E-state index in [4.69, 9.17) is 10.5 Å². The summed E-state index contributed by atoms with van der Waals surface area (Å²) in [6.07, 6.45) is 3.11. The third-order valence-corrected chi connectivity index (χ3v) is 5.06. The lowest BCUT2D eigenvalue weighted by molar-refractivity contribution is -0.132. The van der Waals surface area contributed by atoms with E-state index in [0.717, 1.165) is 24.1 Å². The van der Waals surface area contributed by atoms with Crippen molar-refractivity contribution in [2.24, 2.45) is 11.1 Å². The molecule has 0 amide bonds. The Labute approximate surface area is 112 Å². The Balaban J connectivity index is 2.05. The maximum atomic E-state index is 12.5. The molecule has 1 aromatic rings. The summed E-state index contributed by atoms with van der Waals surface area (Å²) in [6.45, 7) is 3.90. The number of Topliss-reactive ketones (excluding diaryl/α,β-unsaturated/α-hetero) is 1. The van der Waals surface area contributed by atoms with Gasteiger partial charge in [-0.1, -0.05) is 6.92 Å². The fourth-order valence-corrected chi connectivity index (χ4v) is 3.37. The zero-order valence-corrected chi connectivity index (χ0v) is 11.7. The second-order valence-electron chi connectivity index (χ2n) is 4.92. The van der Waals surface area contributed by atoms with Gasteiger partial charge in [0.1, 0.15) is 5.78 Å². The number of rotatable bonds is 5. The summed E-state index contributed by atoms with van der Waals surface area (Å²) < 4.78 is 5.34. The van der Waals surface area contributed by atoms with Crippen molar-refractivity contribution in [2.75, 3.05) is 19.8 Å². The molecule has 0 radical (unpaired) electrons. The van der Waals surface area contributed by atoms with Crippen LogP contribution in [0.1, 0.15) is 29.5 Å². The second-order valence-corrected chi connectivity index (χ2v) is 6.17. The van der Waals surface area contributed by atoms with E-state index in [1.54, 1.807) is 11.3 Å². The first-order valence-corrected chi connectivity index (χ1v) is 7.40. The van der Waals surface area contributed by atoms with Crippen molar-refractivity contribution in [1.82, 2.24) is 0 Å². The third-order valence-electron chi connectivity index (χ3n) is 3.83. The summed E-state index contributed by atoms with van der Waals surface area (Å²) in [5.74, 6) is 0.290. The normalized spacial score (nSPS) is 18.8. The van der Waals surface area contributed by atoms with Crippen LogP contribution in [0.25, 0.3) is 0 Å². The van der Waals surface area contributed by atoms with Gasteiger partial charge >= 0.3 is 0 Å². The van der Waals surface area contributed by atoms with Crippen LogP contribution in [0.15, 0.2) is 12.1 Å². The van der Waals surface area contributed by atoms with Crippen molar-refractivity contribution in [2.45, 2.75) is 32.6 Å². The van der Waals surface area contributed by atoms with E-state index in [9.17, 15) is 4.79 Å². The monoisotopic (exact) mass is 267 g/mol. The average Bonchev–Trinajstić information content (AvgIpc) is 2.87. The number of ether oxygens (including phenoxy) is 1. The molecule has 2 rings (SSSR count). The molecule has 0 aromatic carbocycles. The van der Waals surface area contributed by atoms with Crippen molar-refractivity contribution >= 4 is 17.1 Å². The number of carbonyl (C=O) groups excluding carboxylic acids is 1. The molecule has 18 heavy (non-hydrogen) atoms. The molecule has 1 aliphatic heterocycles. The molecule has 0 bridgehead atoms. The molecule has 0 unspecified atom stereocenters. The number of aryl methyl sites for hydroxylation is 1. The first-order valence-electron chi connectivity index (χ1n) is 6.59. The van der Waals surface area contributed by atoms with Gasteiger partial charge in [-0.15, -0.1) is 11.3 Å². The number of nitrogens with two attached hydrogens (primary N) is 1. The third kappa shape index (κ3) is 2.82. The molecule has 0 saturated carbocycles. The van der Waals surface area contributed by atoms with Gasteiger partial charge in [-0.2, -0.15) is 0 Å². The van der Waals surface area contributed by atoms with E-state index in [2.05, 4.69) is 19.1 Å². The maximum Gasteiger partial charge on any atom is 0.145 e. The highest BCUT2D eigenvalue weighted by Gasteiger charge is 2.38. The van der Waals surface area contributed by atoms with E-state index >= 15 is 0 Å². The predicted molar refractivity (Wildman–Crippen MR) is 73.9 cm³/mol. The lowest BCUT2D eigenvalue weighted by Crippen LogP contribution is -2.44. The standard InChI is InChI=1S/C14H21NO2S/c1-2-11-3-4-12(18-11)9-13(16)14(10-15)5-7-17-8-6-14/h3-4H,2,5-10,15H2,1H3. The molecule has 0 atom stereocenters. The molecule has 100 valence electrons. The molecular weight excluding hydrogens is 246 g/mol. The molecule has 0 spiro atoms. The summed E-state index contributed by atoms with van der Waals surface area (Å²) in [5.41, 5.74) is 5.51. The number of thiophene rings is 1. The zero-order chi connectivity index (χ0) is 13.0. The minimum absolute atomic E-state index is 0.290. The van der Waals surface area contributed by atoms with Crippen LogP contribution in [0.5, 0.6) is 0 Å². The van der Waals surface area contributed by atoms with Crippen LogP contribution in [0.4, 0.5) is 0 Å². The molecule has 1 aliphatic rings. The van der Waals surface area contributed by atoms with Crippen LogP contribution in [-0.2, 0) is 22.4 Å². The Kier molecular flexibility index (Phi) is 4.54. The Morgan fingerprint density at radius 2 is 2.06 bits per heavy atom. The minimum atomic E-state index is -0.339. The topological polar surface area (TPSA) is 52.3 Å². The summed E-state index contributed by atoms with van der Waals surface area (Å²) >= 11 is 1.74. The van der Waals surface area contributed by atoms with Crippen LogP contribution < -0.4 is 5.73 Å². The number of hydrogen-bond donors (Lipinski definition) is 1. The molecular formula is C14H21NO2S. The molecule has 2 N–H and O–H groups in total. The number of ketones is 1. The van der Waals surface area contributed by atoms with Crippen molar-refractivity contribution in [3.8, 4) is 0 Å². The van der Waals surface area contributed by atoms with Crippen LogP contribution in [-0.4, -0.2) is 25.5 Å². The van der Waals surface area contributed by atoms with E-state index < -0.39 is 0 Å². The van der Waals surface area contributed by atoms with Crippen LogP contribution in [0.2, 0.25) is 0 Å². The summed E-state index contributed by atoms with van der Waals surface area (Å²) in [5, 5.41) is 0. The highest BCUT2D eigenvalue weighted by Crippen LogP contribution is 2.32. The van der Waals surface area contributed by atoms with Gasteiger partial charge in [-0.25, -0.2) is 0 Å². The lowest BCUT2D eigenvalue weighted by atomic mass is 9.75. The van der Waals surface area contributed by atoms with E-state index in [1.165, 1.54) is 4.88 Å². The Morgan fingerprint density at radius 1 is 1.39 bits per heavy atom. The number of hydrogen-bond acceptors (Lipinski definition) is 4. The highest BCUT2D eigenvalue weighted by atomic mass is 32.1. The van der Waals surface area contributed by atoms with Gasteiger partial charge in [0.15, 0.2) is 0 Å². The first-order chi connectivity index (χ1) is 8.70. The average molecular weight is 267 g/mol. The fourth-order valence-electron chi connectivity index (χ4n) is 2.41. The van der Waals surface area contributed by atoms with Gasteiger partial charge in [0.05, 0.1) is 0 Å². The smallest absolute Gasteiger partial charge is 0.145 e. The van der Waals surface area contributed by atoms with Crippen molar-refractivity contribution in [3.05, 3.63) is 21.9 Å². The van der Waals surface area contributed by atoms with Gasteiger partial charge < -0.3 is 10.5 Å². The molecule has 4 heteroatoms. The number of carbonyl (C=O) groups is 1. The molecule has 1 saturated heterocycles. The summed E-state index contributed by atoms with van der Waals surface area (Å²) in [4.78, 5) is 15.0. The maximum absolute atomic E-state index is 12.5. The summed E-state index contributed by atoms with van der Waals surface area (Å²) in [7, 11) is 0. The van der Waals surface area contributed by atoms with E-state index in [0.29, 0.717) is 26.2 Å². The second kappa shape index (κ2) is 5.95. The van der Waals surface area contributed by atoms with E-state index in [1.807, 2.05) is 0 Å². The molecule has 1 aromatic heterocycles. The molecule has 3 nitrogen and oxygen atoms in total. The SMILES string of the molecule is CCc1ccc(CC(=O)C2(CN)CCOCC2)s1. The Hall–Kier alpha value is -0.710. The molecule has 0 aliphatic carbocycles. The van der Waals surface area contributed by atoms with Crippen molar-refractivity contribution in [3.63, 3.8) is 0 Å². The largest absolute Gasteiger partial charge is 0.381 e.